The second-order valence-electron chi connectivity index (χ2n) is 6.70. The van der Waals surface area contributed by atoms with Crippen molar-refractivity contribution in [2.45, 2.75) is 39.8 Å². The SMILES string of the molecule is CCC(CC)CNC(=NC)NCc1cccc(CN2CCOCC2)c1. The van der Waals surface area contributed by atoms with Crippen LogP contribution in [0, 0.1) is 5.92 Å². The molecule has 1 aromatic rings. The summed E-state index contributed by atoms with van der Waals surface area (Å²) in [6, 6.07) is 8.81. The molecule has 1 saturated heterocycles. The predicted octanol–water partition coefficient (Wildman–Crippen LogP) is 2.62. The molecule has 0 atom stereocenters. The lowest BCUT2D eigenvalue weighted by molar-refractivity contribution is 0.0342. The topological polar surface area (TPSA) is 48.9 Å². The first-order valence-corrected chi connectivity index (χ1v) is 9.57. The average molecular weight is 347 g/mol. The van der Waals surface area contributed by atoms with E-state index in [4.69, 9.17) is 4.74 Å². The zero-order chi connectivity index (χ0) is 17.9. The number of ether oxygens (including phenoxy) is 1. The number of hydrogen-bond acceptors (Lipinski definition) is 3. The summed E-state index contributed by atoms with van der Waals surface area (Å²) in [5.41, 5.74) is 2.65. The summed E-state index contributed by atoms with van der Waals surface area (Å²) in [5.74, 6) is 1.58. The Morgan fingerprint density at radius 3 is 2.56 bits per heavy atom. The minimum absolute atomic E-state index is 0.704. The molecule has 1 heterocycles. The lowest BCUT2D eigenvalue weighted by atomic mass is 10.0. The van der Waals surface area contributed by atoms with E-state index < -0.39 is 0 Å². The van der Waals surface area contributed by atoms with Crippen LogP contribution in [0.5, 0.6) is 0 Å². The summed E-state index contributed by atoms with van der Waals surface area (Å²) in [6.07, 6.45) is 2.40. The zero-order valence-electron chi connectivity index (χ0n) is 16.1. The van der Waals surface area contributed by atoms with E-state index in [-0.39, 0.29) is 0 Å². The Bertz CT molecular complexity index is 522. The van der Waals surface area contributed by atoms with Gasteiger partial charge >= 0.3 is 0 Å². The molecule has 0 aromatic heterocycles. The van der Waals surface area contributed by atoms with E-state index in [1.165, 1.54) is 24.0 Å². The molecular weight excluding hydrogens is 312 g/mol. The molecule has 0 bridgehead atoms. The number of rotatable bonds is 8. The Morgan fingerprint density at radius 2 is 1.88 bits per heavy atom. The van der Waals surface area contributed by atoms with Gasteiger partial charge in [0.25, 0.3) is 0 Å². The minimum atomic E-state index is 0.704. The fourth-order valence-electron chi connectivity index (χ4n) is 3.08. The van der Waals surface area contributed by atoms with Crippen molar-refractivity contribution in [3.05, 3.63) is 35.4 Å². The number of nitrogens with zero attached hydrogens (tertiary/aromatic N) is 2. The van der Waals surface area contributed by atoms with Gasteiger partial charge in [-0.25, -0.2) is 0 Å². The van der Waals surface area contributed by atoms with Gasteiger partial charge in [0.1, 0.15) is 0 Å². The average Bonchev–Trinajstić information content (AvgIpc) is 2.66. The van der Waals surface area contributed by atoms with Crippen molar-refractivity contribution in [3.8, 4) is 0 Å². The molecule has 0 spiro atoms. The highest BCUT2D eigenvalue weighted by Crippen LogP contribution is 2.10. The maximum Gasteiger partial charge on any atom is 0.191 e. The van der Waals surface area contributed by atoms with E-state index in [0.717, 1.165) is 51.9 Å². The third-order valence-corrected chi connectivity index (χ3v) is 4.90. The summed E-state index contributed by atoms with van der Waals surface area (Å²) < 4.78 is 5.42. The standard InChI is InChI=1S/C20H34N4O/c1-4-17(5-2)14-22-20(21-3)23-15-18-7-6-8-19(13-18)16-24-9-11-25-12-10-24/h6-8,13,17H,4-5,9-12,14-16H2,1-3H3,(H2,21,22,23). The molecular formula is C20H34N4O. The van der Waals surface area contributed by atoms with Gasteiger partial charge in [-0.1, -0.05) is 51.0 Å². The van der Waals surface area contributed by atoms with Crippen LogP contribution < -0.4 is 10.6 Å². The van der Waals surface area contributed by atoms with Gasteiger partial charge < -0.3 is 15.4 Å². The second-order valence-corrected chi connectivity index (χ2v) is 6.70. The van der Waals surface area contributed by atoms with E-state index in [1.54, 1.807) is 0 Å². The first-order chi connectivity index (χ1) is 12.2. The Labute approximate surface area is 152 Å². The van der Waals surface area contributed by atoms with Crippen LogP contribution in [0.1, 0.15) is 37.8 Å². The van der Waals surface area contributed by atoms with Crippen LogP contribution in [0.4, 0.5) is 0 Å². The summed E-state index contributed by atoms with van der Waals surface area (Å²) in [7, 11) is 1.83. The monoisotopic (exact) mass is 346 g/mol. The van der Waals surface area contributed by atoms with Crippen molar-refractivity contribution in [2.24, 2.45) is 10.9 Å². The summed E-state index contributed by atoms with van der Waals surface area (Å²) in [4.78, 5) is 6.78. The summed E-state index contributed by atoms with van der Waals surface area (Å²) in [6.45, 7) is 11.0. The largest absolute Gasteiger partial charge is 0.379 e. The van der Waals surface area contributed by atoms with Gasteiger partial charge in [0, 0.05) is 39.8 Å². The van der Waals surface area contributed by atoms with Crippen molar-refractivity contribution in [2.75, 3.05) is 39.9 Å². The number of aliphatic imine (C=N–C) groups is 1. The van der Waals surface area contributed by atoms with Crippen LogP contribution in [-0.4, -0.2) is 50.8 Å². The van der Waals surface area contributed by atoms with Crippen molar-refractivity contribution in [3.63, 3.8) is 0 Å². The van der Waals surface area contributed by atoms with Crippen molar-refractivity contribution >= 4 is 5.96 Å². The van der Waals surface area contributed by atoms with Gasteiger partial charge in [-0.3, -0.25) is 9.89 Å². The molecule has 5 nitrogen and oxygen atoms in total. The van der Waals surface area contributed by atoms with E-state index in [1.807, 2.05) is 7.05 Å². The molecule has 0 radical (unpaired) electrons. The maximum atomic E-state index is 5.42. The highest BCUT2D eigenvalue weighted by atomic mass is 16.5. The van der Waals surface area contributed by atoms with Crippen LogP contribution in [-0.2, 0) is 17.8 Å². The molecule has 2 rings (SSSR count). The van der Waals surface area contributed by atoms with Crippen LogP contribution in [0.2, 0.25) is 0 Å². The molecule has 2 N–H and O–H groups in total. The van der Waals surface area contributed by atoms with Gasteiger partial charge in [0.05, 0.1) is 13.2 Å². The highest BCUT2D eigenvalue weighted by Gasteiger charge is 2.11. The predicted molar refractivity (Wildman–Crippen MR) is 105 cm³/mol. The number of guanidine groups is 1. The fraction of sp³-hybridized carbons (Fsp3) is 0.650. The van der Waals surface area contributed by atoms with Crippen molar-refractivity contribution < 1.29 is 4.74 Å². The molecule has 0 aliphatic carbocycles. The van der Waals surface area contributed by atoms with E-state index in [9.17, 15) is 0 Å². The third-order valence-electron chi connectivity index (χ3n) is 4.90. The van der Waals surface area contributed by atoms with Crippen LogP contribution >= 0.6 is 0 Å². The van der Waals surface area contributed by atoms with Gasteiger partial charge in [-0.05, 0) is 17.0 Å². The first kappa shape index (κ1) is 19.7. The first-order valence-electron chi connectivity index (χ1n) is 9.57. The van der Waals surface area contributed by atoms with Crippen molar-refractivity contribution in [1.29, 1.82) is 0 Å². The Morgan fingerprint density at radius 1 is 1.16 bits per heavy atom. The molecule has 1 aromatic carbocycles. The summed E-state index contributed by atoms with van der Waals surface area (Å²) >= 11 is 0. The third kappa shape index (κ3) is 7.04. The Balaban J connectivity index is 1.81. The molecule has 1 aliphatic rings. The molecule has 1 fully saturated rings. The van der Waals surface area contributed by atoms with Crippen LogP contribution in [0.15, 0.2) is 29.3 Å². The quantitative estimate of drug-likeness (QED) is 0.561. The van der Waals surface area contributed by atoms with E-state index >= 15 is 0 Å². The highest BCUT2D eigenvalue weighted by molar-refractivity contribution is 5.79. The number of nitrogens with one attached hydrogen (secondary N) is 2. The van der Waals surface area contributed by atoms with Crippen molar-refractivity contribution in [1.82, 2.24) is 15.5 Å². The van der Waals surface area contributed by atoms with E-state index in [2.05, 4.69) is 58.6 Å². The Kier molecular flexibility index (Phi) is 8.77. The van der Waals surface area contributed by atoms with Gasteiger partial charge in [-0.2, -0.15) is 0 Å². The molecule has 0 amide bonds. The van der Waals surface area contributed by atoms with Gasteiger partial charge in [-0.15, -0.1) is 0 Å². The number of benzene rings is 1. The minimum Gasteiger partial charge on any atom is -0.379 e. The summed E-state index contributed by atoms with van der Waals surface area (Å²) in [5, 5.41) is 6.86. The molecule has 5 heteroatoms. The van der Waals surface area contributed by atoms with Crippen LogP contribution in [0.25, 0.3) is 0 Å². The van der Waals surface area contributed by atoms with Gasteiger partial charge in [0.15, 0.2) is 5.96 Å². The number of morpholine rings is 1. The smallest absolute Gasteiger partial charge is 0.191 e. The van der Waals surface area contributed by atoms with Crippen LogP contribution in [0.3, 0.4) is 0 Å². The number of hydrogen-bond donors (Lipinski definition) is 2. The molecule has 140 valence electrons. The molecule has 1 aliphatic heterocycles. The molecule has 0 unspecified atom stereocenters. The second kappa shape index (κ2) is 11.1. The zero-order valence-corrected chi connectivity index (χ0v) is 16.1. The molecule has 25 heavy (non-hydrogen) atoms. The lowest BCUT2D eigenvalue weighted by Crippen LogP contribution is -2.39. The lowest BCUT2D eigenvalue weighted by Gasteiger charge is -2.26. The molecule has 0 saturated carbocycles. The maximum absolute atomic E-state index is 5.42. The van der Waals surface area contributed by atoms with E-state index in [0.29, 0.717) is 5.92 Å². The fourth-order valence-corrected chi connectivity index (χ4v) is 3.08. The normalized spacial score (nSPS) is 16.2. The van der Waals surface area contributed by atoms with Gasteiger partial charge in [0.2, 0.25) is 0 Å². The Hall–Kier alpha value is -1.59.